The number of alkyl halides is 6. The van der Waals surface area contributed by atoms with E-state index >= 15 is 0 Å². The average molecular weight is 475 g/mol. The number of anilines is 2. The standard InChI is InChI=1S/C19H15F6N5O3/c1-2-13(32-16(31)19(23,24)25)33-30-15-10-7-8-12(27-14(10)28-17(26)29-15)9-5-3-4-6-11(9)18(20,21)22/h3-8,13H,2H2,1H3,(H3,26,27,28,29,30). The predicted molar refractivity (Wildman–Crippen MR) is 103 cm³/mol. The van der Waals surface area contributed by atoms with Gasteiger partial charge in [0.2, 0.25) is 12.2 Å². The molecule has 3 aromatic rings. The number of hydrogen-bond donors (Lipinski definition) is 2. The Balaban J connectivity index is 1.91. The minimum Gasteiger partial charge on any atom is -0.427 e. The van der Waals surface area contributed by atoms with Crippen molar-refractivity contribution in [2.45, 2.75) is 32.0 Å². The Hall–Kier alpha value is -3.68. The molecule has 1 atom stereocenters. The van der Waals surface area contributed by atoms with Crippen molar-refractivity contribution in [3.8, 4) is 11.3 Å². The molecule has 0 saturated carbocycles. The van der Waals surface area contributed by atoms with Crippen LogP contribution in [0.3, 0.4) is 0 Å². The first-order valence-corrected chi connectivity index (χ1v) is 9.20. The van der Waals surface area contributed by atoms with Crippen molar-refractivity contribution in [2.24, 2.45) is 0 Å². The molecular formula is C19H15F6N5O3. The number of nitrogens with two attached hydrogens (primary N) is 1. The number of benzene rings is 1. The van der Waals surface area contributed by atoms with Crippen molar-refractivity contribution in [3.63, 3.8) is 0 Å². The van der Waals surface area contributed by atoms with Crippen LogP contribution in [-0.4, -0.2) is 33.4 Å². The van der Waals surface area contributed by atoms with E-state index in [-0.39, 0.29) is 40.5 Å². The Bertz CT molecular complexity index is 1170. The van der Waals surface area contributed by atoms with Gasteiger partial charge in [0.25, 0.3) is 0 Å². The van der Waals surface area contributed by atoms with Crippen molar-refractivity contribution in [1.82, 2.24) is 15.0 Å². The van der Waals surface area contributed by atoms with Gasteiger partial charge < -0.3 is 10.5 Å². The van der Waals surface area contributed by atoms with Crippen molar-refractivity contribution in [3.05, 3.63) is 42.0 Å². The van der Waals surface area contributed by atoms with Crippen LogP contribution in [0.15, 0.2) is 36.4 Å². The van der Waals surface area contributed by atoms with Gasteiger partial charge in [-0.2, -0.15) is 36.3 Å². The second kappa shape index (κ2) is 9.05. The third-order valence-corrected chi connectivity index (χ3v) is 4.18. The topological polar surface area (TPSA) is 112 Å². The Morgan fingerprint density at radius 1 is 1.06 bits per heavy atom. The van der Waals surface area contributed by atoms with E-state index in [1.54, 1.807) is 0 Å². The molecule has 14 heteroatoms. The van der Waals surface area contributed by atoms with Gasteiger partial charge in [0.1, 0.15) is 0 Å². The van der Waals surface area contributed by atoms with Crippen LogP contribution in [0.25, 0.3) is 22.3 Å². The van der Waals surface area contributed by atoms with E-state index in [0.29, 0.717) is 0 Å². The van der Waals surface area contributed by atoms with Crippen LogP contribution in [0, 0.1) is 0 Å². The number of nitrogens with zero attached hydrogens (tertiary/aromatic N) is 3. The molecule has 0 radical (unpaired) electrons. The summed E-state index contributed by atoms with van der Waals surface area (Å²) in [5, 5.41) is 0.134. The van der Waals surface area contributed by atoms with Crippen LogP contribution in [-0.2, 0) is 20.5 Å². The fraction of sp³-hybridized carbons (Fsp3) is 0.263. The third-order valence-electron chi connectivity index (χ3n) is 4.18. The van der Waals surface area contributed by atoms with E-state index < -0.39 is 30.2 Å². The first-order valence-electron chi connectivity index (χ1n) is 9.20. The molecule has 3 N–H and O–H groups in total. The summed E-state index contributed by atoms with van der Waals surface area (Å²) in [5.74, 6) is -2.94. The number of rotatable bonds is 6. The van der Waals surface area contributed by atoms with Crippen LogP contribution in [0.1, 0.15) is 18.9 Å². The van der Waals surface area contributed by atoms with Crippen LogP contribution >= 0.6 is 0 Å². The second-order valence-corrected chi connectivity index (χ2v) is 6.50. The second-order valence-electron chi connectivity index (χ2n) is 6.50. The van der Waals surface area contributed by atoms with Gasteiger partial charge in [-0.3, -0.25) is 0 Å². The van der Waals surface area contributed by atoms with Crippen molar-refractivity contribution < 1.29 is 40.7 Å². The van der Waals surface area contributed by atoms with Gasteiger partial charge >= 0.3 is 18.3 Å². The molecule has 2 heterocycles. The normalized spacial score (nSPS) is 13.1. The molecule has 1 unspecified atom stereocenters. The molecular weight excluding hydrogens is 460 g/mol. The highest BCUT2D eigenvalue weighted by atomic mass is 19.4. The van der Waals surface area contributed by atoms with Crippen LogP contribution in [0.5, 0.6) is 0 Å². The van der Waals surface area contributed by atoms with Crippen molar-refractivity contribution in [1.29, 1.82) is 0 Å². The average Bonchev–Trinajstić information content (AvgIpc) is 2.74. The summed E-state index contributed by atoms with van der Waals surface area (Å²) >= 11 is 0. The number of halogens is 6. The smallest absolute Gasteiger partial charge is 0.427 e. The number of fused-ring (bicyclic) bond motifs is 1. The molecule has 0 aliphatic carbocycles. The lowest BCUT2D eigenvalue weighted by Crippen LogP contribution is -2.32. The van der Waals surface area contributed by atoms with Gasteiger partial charge in [0, 0.05) is 12.0 Å². The van der Waals surface area contributed by atoms with E-state index in [0.717, 1.165) is 6.07 Å². The van der Waals surface area contributed by atoms with E-state index in [1.807, 2.05) is 0 Å². The number of nitrogen functional groups attached to an aromatic ring is 1. The Morgan fingerprint density at radius 2 is 1.76 bits per heavy atom. The monoisotopic (exact) mass is 475 g/mol. The van der Waals surface area contributed by atoms with Crippen LogP contribution in [0.4, 0.5) is 38.1 Å². The number of hydrogen-bond acceptors (Lipinski definition) is 8. The molecule has 2 aromatic heterocycles. The highest BCUT2D eigenvalue weighted by molar-refractivity contribution is 5.89. The molecule has 0 fully saturated rings. The van der Waals surface area contributed by atoms with Gasteiger partial charge in [-0.15, -0.1) is 0 Å². The number of nitrogens with one attached hydrogen (secondary N) is 1. The molecule has 0 saturated heterocycles. The van der Waals surface area contributed by atoms with Crippen LogP contribution in [0.2, 0.25) is 0 Å². The first kappa shape index (κ1) is 24.0. The van der Waals surface area contributed by atoms with Crippen molar-refractivity contribution in [2.75, 3.05) is 11.2 Å². The lowest BCUT2D eigenvalue weighted by atomic mass is 10.0. The number of pyridine rings is 1. The fourth-order valence-electron chi connectivity index (χ4n) is 2.71. The fourth-order valence-corrected chi connectivity index (χ4v) is 2.71. The Kier molecular flexibility index (Phi) is 6.58. The summed E-state index contributed by atoms with van der Waals surface area (Å²) in [6.45, 7) is 1.40. The lowest BCUT2D eigenvalue weighted by Gasteiger charge is -2.18. The number of carbonyl (C=O) groups is 1. The largest absolute Gasteiger partial charge is 0.491 e. The highest BCUT2D eigenvalue weighted by Crippen LogP contribution is 2.37. The zero-order chi connectivity index (χ0) is 24.4. The van der Waals surface area contributed by atoms with E-state index in [2.05, 4.69) is 25.2 Å². The molecule has 0 aliphatic heterocycles. The van der Waals surface area contributed by atoms with Gasteiger partial charge in [0.05, 0.1) is 16.6 Å². The molecule has 0 spiro atoms. The molecule has 0 aliphatic rings. The number of aromatic nitrogens is 3. The maximum absolute atomic E-state index is 13.3. The van der Waals surface area contributed by atoms with Gasteiger partial charge in [-0.25, -0.2) is 20.1 Å². The van der Waals surface area contributed by atoms with Gasteiger partial charge in [-0.1, -0.05) is 25.1 Å². The summed E-state index contributed by atoms with van der Waals surface area (Å²) in [4.78, 5) is 27.8. The summed E-state index contributed by atoms with van der Waals surface area (Å²) in [6, 6.07) is 7.41. The number of ether oxygens (including phenoxy) is 1. The zero-order valence-corrected chi connectivity index (χ0v) is 16.7. The van der Waals surface area contributed by atoms with Crippen LogP contribution < -0.4 is 11.2 Å². The molecule has 176 valence electrons. The molecule has 1 aromatic carbocycles. The molecule has 33 heavy (non-hydrogen) atoms. The maximum Gasteiger partial charge on any atom is 0.491 e. The van der Waals surface area contributed by atoms with Crippen molar-refractivity contribution >= 4 is 28.8 Å². The lowest BCUT2D eigenvalue weighted by molar-refractivity contribution is -0.223. The summed E-state index contributed by atoms with van der Waals surface area (Å²) in [7, 11) is 0. The molecule has 8 nitrogen and oxygen atoms in total. The minimum atomic E-state index is -5.21. The minimum absolute atomic E-state index is 0.0501. The maximum atomic E-state index is 13.3. The van der Waals surface area contributed by atoms with E-state index in [1.165, 1.54) is 37.3 Å². The SMILES string of the molecule is CCC(ONc1nc(N)nc2nc(-c3ccccc3C(F)(F)F)ccc12)OC(=O)C(F)(F)F. The third kappa shape index (κ3) is 5.58. The Labute approximate surface area is 181 Å². The number of esters is 1. The van der Waals surface area contributed by atoms with Gasteiger partial charge in [0.15, 0.2) is 11.5 Å². The zero-order valence-electron chi connectivity index (χ0n) is 16.7. The molecule has 0 amide bonds. The predicted octanol–water partition coefficient (Wildman–Crippen LogP) is 4.48. The molecule has 3 rings (SSSR count). The molecule has 0 bridgehead atoms. The highest BCUT2D eigenvalue weighted by Gasteiger charge is 2.42. The Morgan fingerprint density at radius 3 is 2.39 bits per heavy atom. The van der Waals surface area contributed by atoms with E-state index in [4.69, 9.17) is 10.6 Å². The quantitative estimate of drug-likeness (QED) is 0.232. The summed E-state index contributed by atoms with van der Waals surface area (Å²) in [5.41, 5.74) is 6.60. The van der Waals surface area contributed by atoms with E-state index in [9.17, 15) is 31.1 Å². The van der Waals surface area contributed by atoms with Gasteiger partial charge in [-0.05, 0) is 18.2 Å². The summed E-state index contributed by atoms with van der Waals surface area (Å²) < 4.78 is 81.4. The summed E-state index contributed by atoms with van der Waals surface area (Å²) in [6.07, 6.45) is -11.6. The first-order chi connectivity index (χ1) is 15.4. The number of carbonyl (C=O) groups excluding carboxylic acids is 1.